The zero-order chi connectivity index (χ0) is 20.1. The summed E-state index contributed by atoms with van der Waals surface area (Å²) in [6.07, 6.45) is 7.58. The van der Waals surface area contributed by atoms with Crippen LogP contribution >= 0.6 is 0 Å². The molecule has 1 amide bonds. The molecule has 3 aromatic rings. The van der Waals surface area contributed by atoms with Gasteiger partial charge in [-0.15, -0.1) is 0 Å². The molecule has 150 valence electrons. The van der Waals surface area contributed by atoms with Crippen molar-refractivity contribution < 1.29 is 4.79 Å². The number of rotatable bonds is 6. The first-order valence-electron chi connectivity index (χ1n) is 10.1. The molecule has 6 heteroatoms. The molecular weight excluding hydrogens is 362 g/mol. The average molecular weight is 390 g/mol. The van der Waals surface area contributed by atoms with E-state index in [2.05, 4.69) is 26.1 Å². The van der Waals surface area contributed by atoms with Crippen LogP contribution in [-0.4, -0.2) is 51.0 Å². The number of piperidine rings is 1. The summed E-state index contributed by atoms with van der Waals surface area (Å²) in [6.45, 7) is 3.45. The number of hydrogen-bond acceptors (Lipinski definition) is 4. The molecule has 1 N–H and O–H groups in total. The molecule has 0 bridgehead atoms. The molecule has 0 spiro atoms. The smallest absolute Gasteiger partial charge is 0.257 e. The van der Waals surface area contributed by atoms with Crippen molar-refractivity contribution in [2.45, 2.75) is 31.8 Å². The Morgan fingerprint density at radius 3 is 2.79 bits per heavy atom. The van der Waals surface area contributed by atoms with Gasteiger partial charge in [-0.3, -0.25) is 19.8 Å². The van der Waals surface area contributed by atoms with Gasteiger partial charge >= 0.3 is 0 Å². The summed E-state index contributed by atoms with van der Waals surface area (Å²) in [5.74, 6) is 0.300. The lowest BCUT2D eigenvalue weighted by molar-refractivity contribution is 0.0782. The molecule has 6 nitrogen and oxygen atoms in total. The van der Waals surface area contributed by atoms with Crippen molar-refractivity contribution in [3.63, 3.8) is 0 Å². The normalized spacial score (nSPS) is 17.2. The van der Waals surface area contributed by atoms with Crippen LogP contribution in [0.1, 0.15) is 45.9 Å². The molecule has 0 saturated carbocycles. The highest BCUT2D eigenvalue weighted by Gasteiger charge is 2.28. The number of benzene rings is 1. The number of H-pyrrole nitrogens is 1. The number of carbonyl (C=O) groups excluding carboxylic acids is 1. The lowest BCUT2D eigenvalue weighted by Gasteiger charge is -2.32. The van der Waals surface area contributed by atoms with E-state index >= 15 is 0 Å². The number of amides is 1. The van der Waals surface area contributed by atoms with Crippen molar-refractivity contribution in [1.29, 1.82) is 0 Å². The van der Waals surface area contributed by atoms with Gasteiger partial charge in [0.25, 0.3) is 5.91 Å². The van der Waals surface area contributed by atoms with Crippen LogP contribution in [0, 0.1) is 0 Å². The largest absolute Gasteiger partial charge is 0.337 e. The molecule has 1 saturated heterocycles. The Kier molecular flexibility index (Phi) is 6.00. The predicted octanol–water partition coefficient (Wildman–Crippen LogP) is 3.46. The van der Waals surface area contributed by atoms with Gasteiger partial charge in [-0.2, -0.15) is 5.10 Å². The lowest BCUT2D eigenvalue weighted by atomic mass is 9.92. The first kappa shape index (κ1) is 19.3. The maximum Gasteiger partial charge on any atom is 0.257 e. The van der Waals surface area contributed by atoms with Crippen LogP contribution in [0.2, 0.25) is 0 Å². The minimum absolute atomic E-state index is 0.0157. The van der Waals surface area contributed by atoms with Gasteiger partial charge in [0, 0.05) is 45.0 Å². The average Bonchev–Trinajstić information content (AvgIpc) is 3.25. The van der Waals surface area contributed by atoms with Crippen molar-refractivity contribution >= 4 is 5.91 Å². The van der Waals surface area contributed by atoms with Crippen LogP contribution in [0.15, 0.2) is 61.1 Å². The van der Waals surface area contributed by atoms with Crippen molar-refractivity contribution in [2.75, 3.05) is 20.1 Å². The summed E-state index contributed by atoms with van der Waals surface area (Å²) < 4.78 is 0. The summed E-state index contributed by atoms with van der Waals surface area (Å²) >= 11 is 0. The van der Waals surface area contributed by atoms with Crippen molar-refractivity contribution in [3.8, 4) is 0 Å². The molecule has 4 rings (SSSR count). The van der Waals surface area contributed by atoms with E-state index in [1.807, 2.05) is 49.6 Å². The number of aromatic amines is 1. The summed E-state index contributed by atoms with van der Waals surface area (Å²) in [6, 6.07) is 14.1. The van der Waals surface area contributed by atoms with Gasteiger partial charge in [0.05, 0.1) is 17.5 Å². The Hall–Kier alpha value is -2.99. The van der Waals surface area contributed by atoms with E-state index < -0.39 is 0 Å². The quantitative estimate of drug-likeness (QED) is 0.701. The van der Waals surface area contributed by atoms with E-state index in [4.69, 9.17) is 0 Å². The van der Waals surface area contributed by atoms with Crippen molar-refractivity contribution in [3.05, 3.63) is 83.4 Å². The van der Waals surface area contributed by atoms with Crippen LogP contribution in [0.3, 0.4) is 0 Å². The van der Waals surface area contributed by atoms with Crippen LogP contribution in [0.25, 0.3) is 0 Å². The molecule has 1 aliphatic rings. The van der Waals surface area contributed by atoms with Gasteiger partial charge in [0.15, 0.2) is 0 Å². The second-order valence-corrected chi connectivity index (χ2v) is 7.78. The summed E-state index contributed by atoms with van der Waals surface area (Å²) in [5, 5.41) is 7.34. The van der Waals surface area contributed by atoms with Gasteiger partial charge in [-0.25, -0.2) is 0 Å². The molecule has 0 radical (unpaired) electrons. The number of carbonyl (C=O) groups is 1. The molecule has 1 aromatic carbocycles. The minimum atomic E-state index is 0.0157. The molecule has 1 atom stereocenters. The molecular formula is C23H27N5O. The highest BCUT2D eigenvalue weighted by molar-refractivity contribution is 5.95. The monoisotopic (exact) mass is 389 g/mol. The van der Waals surface area contributed by atoms with E-state index in [9.17, 15) is 4.79 Å². The number of likely N-dealkylation sites (tertiary alicyclic amines) is 1. The summed E-state index contributed by atoms with van der Waals surface area (Å²) in [4.78, 5) is 21.5. The Morgan fingerprint density at radius 1 is 1.17 bits per heavy atom. The second kappa shape index (κ2) is 9.01. The van der Waals surface area contributed by atoms with Crippen LogP contribution < -0.4 is 0 Å². The van der Waals surface area contributed by atoms with Crippen LogP contribution in [0.4, 0.5) is 0 Å². The fourth-order valence-corrected chi connectivity index (χ4v) is 4.10. The first-order chi connectivity index (χ1) is 14.2. The molecule has 2 aromatic heterocycles. The highest BCUT2D eigenvalue weighted by atomic mass is 16.2. The van der Waals surface area contributed by atoms with Gasteiger partial charge in [0.1, 0.15) is 0 Å². The van der Waals surface area contributed by atoms with Gasteiger partial charge in [0.2, 0.25) is 0 Å². The first-order valence-corrected chi connectivity index (χ1v) is 10.1. The molecule has 29 heavy (non-hydrogen) atoms. The predicted molar refractivity (Wildman–Crippen MR) is 112 cm³/mol. The molecule has 1 fully saturated rings. The molecule has 1 unspecified atom stereocenters. The van der Waals surface area contributed by atoms with Crippen LogP contribution in [0.5, 0.6) is 0 Å². The van der Waals surface area contributed by atoms with Crippen LogP contribution in [-0.2, 0) is 13.1 Å². The topological polar surface area (TPSA) is 65.1 Å². The van der Waals surface area contributed by atoms with Gasteiger partial charge in [-0.05, 0) is 36.6 Å². The maximum absolute atomic E-state index is 13.1. The SMILES string of the molecule is CN(Cc1ccccc1)C(=O)c1cn[nH]c1C1CCCN(Cc2cccnc2)C1. The third-order valence-electron chi connectivity index (χ3n) is 5.55. The van der Waals surface area contributed by atoms with Gasteiger partial charge in [-0.1, -0.05) is 36.4 Å². The number of hydrogen-bond donors (Lipinski definition) is 1. The standard InChI is InChI=1S/C23H27N5O/c1-27(15-18-7-3-2-4-8-18)23(29)21-14-25-26-22(21)20-10-6-12-28(17-20)16-19-9-5-11-24-13-19/h2-5,7-9,11,13-14,20H,6,10,12,15-17H2,1H3,(H,25,26). The number of aromatic nitrogens is 3. The molecule has 3 heterocycles. The highest BCUT2D eigenvalue weighted by Crippen LogP contribution is 2.29. The zero-order valence-electron chi connectivity index (χ0n) is 16.8. The van der Waals surface area contributed by atoms with E-state index in [0.29, 0.717) is 12.1 Å². The fraction of sp³-hybridized carbons (Fsp3) is 0.348. The van der Waals surface area contributed by atoms with E-state index in [1.165, 1.54) is 5.56 Å². The summed E-state index contributed by atoms with van der Waals surface area (Å²) in [7, 11) is 1.85. The fourth-order valence-electron chi connectivity index (χ4n) is 4.10. The van der Waals surface area contributed by atoms with Crippen molar-refractivity contribution in [2.24, 2.45) is 0 Å². The zero-order valence-corrected chi connectivity index (χ0v) is 16.8. The number of pyridine rings is 1. The van der Waals surface area contributed by atoms with E-state index in [-0.39, 0.29) is 11.8 Å². The number of nitrogens with zero attached hydrogens (tertiary/aromatic N) is 4. The Bertz CT molecular complexity index is 925. The third-order valence-corrected chi connectivity index (χ3v) is 5.55. The summed E-state index contributed by atoms with van der Waals surface area (Å²) in [5.41, 5.74) is 3.99. The van der Waals surface area contributed by atoms with E-state index in [1.54, 1.807) is 17.3 Å². The van der Waals surface area contributed by atoms with E-state index in [0.717, 1.165) is 43.7 Å². The Labute approximate surface area is 171 Å². The third kappa shape index (κ3) is 4.71. The molecule has 0 aliphatic carbocycles. The lowest BCUT2D eigenvalue weighted by Crippen LogP contribution is -2.35. The Morgan fingerprint density at radius 2 is 2.00 bits per heavy atom. The maximum atomic E-state index is 13.1. The molecule has 1 aliphatic heterocycles. The van der Waals surface area contributed by atoms with Crippen molar-refractivity contribution in [1.82, 2.24) is 25.0 Å². The minimum Gasteiger partial charge on any atom is -0.337 e. The van der Waals surface area contributed by atoms with Gasteiger partial charge < -0.3 is 4.90 Å². The second-order valence-electron chi connectivity index (χ2n) is 7.78. The number of nitrogens with one attached hydrogen (secondary N) is 1. The Balaban J connectivity index is 1.44.